The molecule has 5 heteroatoms. The number of rotatable bonds is 2. The molecule has 0 aliphatic heterocycles. The van der Waals surface area contributed by atoms with Gasteiger partial charge in [0.1, 0.15) is 5.69 Å². The first-order valence-corrected chi connectivity index (χ1v) is 5.60. The summed E-state index contributed by atoms with van der Waals surface area (Å²) < 4.78 is 1.62. The van der Waals surface area contributed by atoms with E-state index in [9.17, 15) is 4.79 Å². The fourth-order valence-electron chi connectivity index (χ4n) is 1.61. The van der Waals surface area contributed by atoms with E-state index in [-0.39, 0.29) is 0 Å². The van der Waals surface area contributed by atoms with Gasteiger partial charge in [0, 0.05) is 12.4 Å². The Labute approximate surface area is 95.2 Å². The molecule has 0 saturated heterocycles. The molecule has 0 radical (unpaired) electrons. The molecule has 78 valence electrons. The van der Waals surface area contributed by atoms with E-state index in [4.69, 9.17) is 0 Å². The Morgan fingerprint density at radius 1 is 1.38 bits per heavy atom. The second kappa shape index (κ2) is 3.53. The number of carbonyl (C=O) groups excluding carboxylic acids is 1. The van der Waals surface area contributed by atoms with Crippen molar-refractivity contribution in [2.45, 2.75) is 0 Å². The number of hydrogen-bond donors (Lipinski definition) is 0. The van der Waals surface area contributed by atoms with Gasteiger partial charge >= 0.3 is 0 Å². The number of aromatic nitrogens is 3. The quantitative estimate of drug-likeness (QED) is 0.633. The Morgan fingerprint density at radius 3 is 3.06 bits per heavy atom. The van der Waals surface area contributed by atoms with E-state index in [0.717, 1.165) is 11.2 Å². The van der Waals surface area contributed by atoms with Crippen LogP contribution in [0.4, 0.5) is 0 Å². The van der Waals surface area contributed by atoms with Crippen LogP contribution >= 0.6 is 11.3 Å². The van der Waals surface area contributed by atoms with Crippen LogP contribution in [0.3, 0.4) is 0 Å². The number of thiophene rings is 1. The molecule has 3 heterocycles. The van der Waals surface area contributed by atoms with E-state index in [1.54, 1.807) is 34.3 Å². The summed E-state index contributed by atoms with van der Waals surface area (Å²) in [6, 6.07) is 5.66. The molecule has 0 N–H and O–H groups in total. The summed E-state index contributed by atoms with van der Waals surface area (Å²) in [7, 11) is 0. The van der Waals surface area contributed by atoms with Gasteiger partial charge in [-0.1, -0.05) is 6.07 Å². The molecule has 0 aliphatic carbocycles. The van der Waals surface area contributed by atoms with Crippen LogP contribution in [-0.2, 0) is 0 Å². The average molecular weight is 229 g/mol. The third-order valence-electron chi connectivity index (χ3n) is 2.30. The number of aldehydes is 1. The number of fused-ring (bicyclic) bond motifs is 1. The number of hydrogen-bond acceptors (Lipinski definition) is 4. The smallest absolute Gasteiger partial charge is 0.166 e. The predicted molar refractivity (Wildman–Crippen MR) is 61.7 cm³/mol. The van der Waals surface area contributed by atoms with Gasteiger partial charge in [-0.2, -0.15) is 5.10 Å². The van der Waals surface area contributed by atoms with Crippen molar-refractivity contribution in [3.8, 4) is 10.6 Å². The zero-order valence-corrected chi connectivity index (χ0v) is 9.02. The summed E-state index contributed by atoms with van der Waals surface area (Å²) in [4.78, 5) is 16.2. The highest BCUT2D eigenvalue weighted by Gasteiger charge is 2.14. The molecule has 0 atom stereocenters. The molecule has 0 amide bonds. The second-order valence-electron chi connectivity index (χ2n) is 3.25. The van der Waals surface area contributed by atoms with Gasteiger partial charge in [-0.3, -0.25) is 4.79 Å². The fraction of sp³-hybridized carbons (Fsp3) is 0. The van der Waals surface area contributed by atoms with Crippen molar-refractivity contribution in [2.75, 3.05) is 0 Å². The summed E-state index contributed by atoms with van der Waals surface area (Å²) in [5, 5.41) is 6.32. The van der Waals surface area contributed by atoms with Gasteiger partial charge in [0.05, 0.1) is 10.4 Å². The normalized spacial score (nSPS) is 10.8. The standard InChI is InChI=1S/C11H7N3OS/c15-7-8-10(9-3-1-6-16-9)13-14-5-2-4-12-11(8)14/h1-7H. The molecular weight excluding hydrogens is 222 g/mol. The van der Waals surface area contributed by atoms with Gasteiger partial charge in [-0.15, -0.1) is 11.3 Å². The third kappa shape index (κ3) is 1.25. The zero-order valence-electron chi connectivity index (χ0n) is 8.20. The molecule has 0 saturated carbocycles. The molecule has 3 rings (SSSR count). The van der Waals surface area contributed by atoms with E-state index >= 15 is 0 Å². The van der Waals surface area contributed by atoms with Gasteiger partial charge < -0.3 is 0 Å². The minimum Gasteiger partial charge on any atom is -0.298 e. The van der Waals surface area contributed by atoms with Crippen molar-refractivity contribution >= 4 is 23.3 Å². The monoisotopic (exact) mass is 229 g/mol. The fourth-order valence-corrected chi connectivity index (χ4v) is 2.33. The number of carbonyl (C=O) groups is 1. The van der Waals surface area contributed by atoms with Gasteiger partial charge in [-0.25, -0.2) is 9.50 Å². The van der Waals surface area contributed by atoms with Crippen molar-refractivity contribution in [2.24, 2.45) is 0 Å². The largest absolute Gasteiger partial charge is 0.298 e. The first kappa shape index (κ1) is 9.23. The van der Waals surface area contributed by atoms with E-state index in [0.29, 0.717) is 16.9 Å². The molecule has 0 spiro atoms. The summed E-state index contributed by atoms with van der Waals surface area (Å²) >= 11 is 1.56. The Morgan fingerprint density at radius 2 is 2.31 bits per heavy atom. The van der Waals surface area contributed by atoms with Gasteiger partial charge in [0.2, 0.25) is 0 Å². The maximum Gasteiger partial charge on any atom is 0.166 e. The topological polar surface area (TPSA) is 47.3 Å². The average Bonchev–Trinajstić information content (AvgIpc) is 2.95. The summed E-state index contributed by atoms with van der Waals surface area (Å²) in [5.41, 5.74) is 1.84. The zero-order chi connectivity index (χ0) is 11.0. The number of nitrogens with zero attached hydrogens (tertiary/aromatic N) is 3. The highest BCUT2D eigenvalue weighted by atomic mass is 32.1. The Kier molecular flexibility index (Phi) is 2.04. The SMILES string of the molecule is O=Cc1c(-c2cccs2)nn2cccnc12. The summed E-state index contributed by atoms with van der Waals surface area (Å²) in [6.07, 6.45) is 4.25. The molecule has 0 aromatic carbocycles. The van der Waals surface area contributed by atoms with Crippen LogP contribution in [0.2, 0.25) is 0 Å². The lowest BCUT2D eigenvalue weighted by molar-refractivity contribution is 0.112. The summed E-state index contributed by atoms with van der Waals surface area (Å²) in [5.74, 6) is 0. The van der Waals surface area contributed by atoms with Crippen LogP contribution in [0.25, 0.3) is 16.2 Å². The van der Waals surface area contributed by atoms with Gasteiger partial charge in [-0.05, 0) is 17.5 Å². The third-order valence-corrected chi connectivity index (χ3v) is 3.18. The van der Waals surface area contributed by atoms with Crippen molar-refractivity contribution in [3.63, 3.8) is 0 Å². The molecule has 0 bridgehead atoms. The highest BCUT2D eigenvalue weighted by molar-refractivity contribution is 7.13. The Balaban J connectivity index is 2.37. The maximum atomic E-state index is 11.1. The van der Waals surface area contributed by atoms with E-state index in [1.807, 2.05) is 17.5 Å². The van der Waals surface area contributed by atoms with Crippen molar-refractivity contribution in [3.05, 3.63) is 41.5 Å². The molecular formula is C11H7N3OS. The minimum atomic E-state index is 0.544. The lowest BCUT2D eigenvalue weighted by atomic mass is 10.2. The van der Waals surface area contributed by atoms with E-state index < -0.39 is 0 Å². The molecule has 0 fully saturated rings. The Hall–Kier alpha value is -2.01. The van der Waals surface area contributed by atoms with Crippen molar-refractivity contribution in [1.29, 1.82) is 0 Å². The van der Waals surface area contributed by atoms with Crippen LogP contribution in [-0.4, -0.2) is 20.9 Å². The predicted octanol–water partition coefficient (Wildman–Crippen LogP) is 2.27. The Bertz CT molecular complexity index is 642. The van der Waals surface area contributed by atoms with Crippen LogP contribution in [0.15, 0.2) is 36.0 Å². The lowest BCUT2D eigenvalue weighted by Crippen LogP contribution is -1.88. The lowest BCUT2D eigenvalue weighted by Gasteiger charge is -1.89. The maximum absolute atomic E-state index is 11.1. The highest BCUT2D eigenvalue weighted by Crippen LogP contribution is 2.27. The first-order chi connectivity index (χ1) is 7.90. The second-order valence-corrected chi connectivity index (χ2v) is 4.19. The summed E-state index contributed by atoms with van der Waals surface area (Å²) in [6.45, 7) is 0. The van der Waals surface area contributed by atoms with E-state index in [1.165, 1.54) is 0 Å². The van der Waals surface area contributed by atoms with Crippen LogP contribution in [0.1, 0.15) is 10.4 Å². The van der Waals surface area contributed by atoms with Crippen LogP contribution in [0.5, 0.6) is 0 Å². The molecule has 3 aromatic rings. The van der Waals surface area contributed by atoms with Crippen LogP contribution < -0.4 is 0 Å². The molecule has 0 aliphatic rings. The van der Waals surface area contributed by atoms with Gasteiger partial charge in [0.25, 0.3) is 0 Å². The first-order valence-electron chi connectivity index (χ1n) is 4.72. The molecule has 0 unspecified atom stereocenters. The minimum absolute atomic E-state index is 0.544. The van der Waals surface area contributed by atoms with Gasteiger partial charge in [0.15, 0.2) is 11.9 Å². The van der Waals surface area contributed by atoms with Crippen molar-refractivity contribution < 1.29 is 4.79 Å². The van der Waals surface area contributed by atoms with E-state index in [2.05, 4.69) is 10.1 Å². The molecule has 3 aromatic heterocycles. The molecule has 4 nitrogen and oxygen atoms in total. The van der Waals surface area contributed by atoms with Crippen LogP contribution in [0, 0.1) is 0 Å². The molecule has 16 heavy (non-hydrogen) atoms. The van der Waals surface area contributed by atoms with Crippen molar-refractivity contribution in [1.82, 2.24) is 14.6 Å².